The van der Waals surface area contributed by atoms with Crippen LogP contribution in [0.25, 0.3) is 22.1 Å². The minimum atomic E-state index is -0.907. The Labute approximate surface area is 331 Å². The number of aromatic nitrogens is 4. The van der Waals surface area contributed by atoms with Crippen LogP contribution in [0.2, 0.25) is 0 Å². The van der Waals surface area contributed by atoms with Crippen LogP contribution in [0.5, 0.6) is 0 Å². The summed E-state index contributed by atoms with van der Waals surface area (Å²) in [5.74, 6) is -0.275. The number of H-pyrrole nitrogens is 1. The zero-order chi connectivity index (χ0) is 37.1. The normalized spacial score (nSPS) is 17.6. The van der Waals surface area contributed by atoms with Crippen LogP contribution in [-0.4, -0.2) is 81.8 Å². The summed E-state index contributed by atoms with van der Waals surface area (Å²) in [6.45, 7) is 4.14. The van der Waals surface area contributed by atoms with Crippen molar-refractivity contribution in [3.05, 3.63) is 127 Å². The largest absolute Gasteiger partial charge is 0.362 e. The van der Waals surface area contributed by atoms with Crippen molar-refractivity contribution in [1.82, 2.24) is 29.3 Å². The number of para-hydroxylation sites is 2. The summed E-state index contributed by atoms with van der Waals surface area (Å²) in [6, 6.07) is 26.9. The molecule has 2 unspecified atom stereocenters. The van der Waals surface area contributed by atoms with Gasteiger partial charge < -0.3 is 28.8 Å². The second kappa shape index (κ2) is 17.0. The number of benzene rings is 4. The maximum Gasteiger partial charge on any atom is 0.161 e. The third kappa shape index (κ3) is 9.17. The Morgan fingerprint density at radius 2 is 1.32 bits per heavy atom. The predicted molar refractivity (Wildman–Crippen MR) is 217 cm³/mol. The average molecular weight is 898 g/mol. The van der Waals surface area contributed by atoms with Gasteiger partial charge >= 0.3 is 0 Å². The van der Waals surface area contributed by atoms with E-state index in [1.165, 1.54) is 9.13 Å². The van der Waals surface area contributed by atoms with Crippen LogP contribution in [0.15, 0.2) is 89.4 Å². The van der Waals surface area contributed by atoms with Crippen LogP contribution < -0.4 is 0 Å². The molecule has 278 valence electrons. The van der Waals surface area contributed by atoms with Crippen molar-refractivity contribution < 1.29 is 18.3 Å². The minimum Gasteiger partial charge on any atom is -0.362 e. The smallest absolute Gasteiger partial charge is 0.161 e. The van der Waals surface area contributed by atoms with Crippen molar-refractivity contribution in [3.8, 4) is 0 Å². The molecular weight excluding hydrogens is 853 g/mol. The van der Waals surface area contributed by atoms with Crippen LogP contribution in [-0.2, 0) is 16.5 Å². The lowest BCUT2D eigenvalue weighted by atomic mass is 10.1. The minimum absolute atomic E-state index is 0.104. The molecule has 8 nitrogen and oxygen atoms in total. The van der Waals surface area contributed by atoms with Crippen LogP contribution in [0.4, 0.5) is 8.78 Å². The van der Waals surface area contributed by atoms with E-state index in [-0.39, 0.29) is 18.3 Å². The van der Waals surface area contributed by atoms with Gasteiger partial charge in [-0.25, -0.2) is 18.7 Å². The lowest BCUT2D eigenvalue weighted by molar-refractivity contribution is -0.0276. The van der Waals surface area contributed by atoms with Crippen LogP contribution in [0.3, 0.4) is 0 Å². The van der Waals surface area contributed by atoms with Crippen molar-refractivity contribution >= 4 is 60.6 Å². The van der Waals surface area contributed by atoms with Gasteiger partial charge in [0, 0.05) is 53.4 Å². The monoisotopic (exact) mass is 896 g/mol. The Hall–Kier alpha value is -3.27. The van der Waals surface area contributed by atoms with Crippen LogP contribution in [0.1, 0.15) is 60.7 Å². The Morgan fingerprint density at radius 3 is 1.96 bits per heavy atom. The highest BCUT2D eigenvalue weighted by molar-refractivity contribution is 14.1. The molecule has 1 N–H and O–H groups in total. The molecule has 0 aliphatic carbocycles. The van der Waals surface area contributed by atoms with E-state index >= 15 is 0 Å². The summed E-state index contributed by atoms with van der Waals surface area (Å²) >= 11 is 5.86. The zero-order valence-electron chi connectivity index (χ0n) is 30.1. The SMILES string of the molecule is CN1CCC(OC(c2cccc(Br)c2)c2nc3cc(F)c(F)cc3[nH]2)CC1.CN1CCC(OC(c2cccc(I)c2)c2nc3ccccc3n2C)CC1. The van der Waals surface area contributed by atoms with Gasteiger partial charge in [0.2, 0.25) is 0 Å². The lowest BCUT2D eigenvalue weighted by Crippen LogP contribution is -2.35. The molecule has 53 heavy (non-hydrogen) atoms. The zero-order valence-corrected chi connectivity index (χ0v) is 33.9. The van der Waals surface area contributed by atoms with Gasteiger partial charge in [0.05, 0.1) is 34.3 Å². The van der Waals surface area contributed by atoms with Gasteiger partial charge in [-0.15, -0.1) is 0 Å². The maximum absolute atomic E-state index is 13.6. The first kappa shape index (κ1) is 38.0. The molecule has 2 atom stereocenters. The molecule has 8 rings (SSSR count). The van der Waals surface area contributed by atoms with Gasteiger partial charge in [-0.05, 0) is 110 Å². The fourth-order valence-electron chi connectivity index (χ4n) is 7.10. The number of nitrogens with one attached hydrogen (secondary N) is 1. The number of halogens is 4. The van der Waals surface area contributed by atoms with Gasteiger partial charge in [0.1, 0.15) is 23.9 Å². The summed E-state index contributed by atoms with van der Waals surface area (Å²) in [4.78, 5) is 17.2. The molecule has 0 bridgehead atoms. The number of rotatable bonds is 8. The highest BCUT2D eigenvalue weighted by atomic mass is 127. The summed E-state index contributed by atoms with van der Waals surface area (Å²) in [5, 5.41) is 0. The predicted octanol–water partition coefficient (Wildman–Crippen LogP) is 9.18. The van der Waals surface area contributed by atoms with Gasteiger partial charge in [-0.1, -0.05) is 52.3 Å². The first-order valence-corrected chi connectivity index (χ1v) is 19.9. The third-order valence-electron chi connectivity index (χ3n) is 10.1. The number of ether oxygens (including phenoxy) is 2. The molecule has 2 fully saturated rings. The van der Waals surface area contributed by atoms with Crippen LogP contribution >= 0.6 is 38.5 Å². The number of aryl methyl sites for hydroxylation is 1. The lowest BCUT2D eigenvalue weighted by Gasteiger charge is -2.32. The molecule has 12 heteroatoms. The molecule has 0 radical (unpaired) electrons. The number of hydrogen-bond acceptors (Lipinski definition) is 6. The molecule has 0 amide bonds. The van der Waals surface area contributed by atoms with E-state index in [4.69, 9.17) is 14.5 Å². The number of nitrogens with zero attached hydrogens (tertiary/aromatic N) is 5. The molecule has 2 aliphatic heterocycles. The number of likely N-dealkylation sites (tertiary alicyclic amines) is 2. The first-order chi connectivity index (χ1) is 25.6. The highest BCUT2D eigenvalue weighted by Gasteiger charge is 2.28. The number of piperidine rings is 2. The Kier molecular flexibility index (Phi) is 12.2. The number of hydrogen-bond donors (Lipinski definition) is 1. The van der Waals surface area contributed by atoms with Gasteiger partial charge in [0.25, 0.3) is 0 Å². The Balaban J connectivity index is 0.000000164. The van der Waals surface area contributed by atoms with E-state index in [2.05, 4.69) is 126 Å². The van der Waals surface area contributed by atoms with Crippen molar-refractivity contribution in [2.75, 3.05) is 40.3 Å². The number of aromatic amines is 1. The number of imidazole rings is 2. The molecule has 2 aliphatic rings. The summed E-state index contributed by atoms with van der Waals surface area (Å²) in [5.41, 5.74) is 5.11. The summed E-state index contributed by atoms with van der Waals surface area (Å²) < 4.78 is 44.6. The Bertz CT molecular complexity index is 2120. The maximum atomic E-state index is 13.6. The van der Waals surface area contributed by atoms with Crippen molar-refractivity contribution in [1.29, 1.82) is 0 Å². The fraction of sp³-hybridized carbons (Fsp3) is 0.366. The molecule has 4 aromatic carbocycles. The van der Waals surface area contributed by atoms with E-state index in [1.54, 1.807) is 0 Å². The average Bonchev–Trinajstić information content (AvgIpc) is 3.71. The second-order valence-corrected chi connectivity index (χ2v) is 16.2. The van der Waals surface area contributed by atoms with Crippen molar-refractivity contribution in [3.63, 3.8) is 0 Å². The highest BCUT2D eigenvalue weighted by Crippen LogP contribution is 2.33. The van der Waals surface area contributed by atoms with E-state index < -0.39 is 17.7 Å². The van der Waals surface area contributed by atoms with E-state index in [9.17, 15) is 8.78 Å². The molecule has 2 aromatic heterocycles. The molecule has 6 aromatic rings. The van der Waals surface area contributed by atoms with Gasteiger partial charge in [0.15, 0.2) is 11.6 Å². The Morgan fingerprint density at radius 1 is 0.717 bits per heavy atom. The quantitative estimate of drug-likeness (QED) is 0.154. The fourth-order valence-corrected chi connectivity index (χ4v) is 8.09. The van der Waals surface area contributed by atoms with E-state index in [0.29, 0.717) is 16.9 Å². The first-order valence-electron chi connectivity index (χ1n) is 18.1. The third-order valence-corrected chi connectivity index (χ3v) is 11.3. The van der Waals surface area contributed by atoms with Gasteiger partial charge in [-0.3, -0.25) is 0 Å². The van der Waals surface area contributed by atoms with E-state index in [0.717, 1.165) is 90.9 Å². The topological polar surface area (TPSA) is 71.4 Å². The summed E-state index contributed by atoms with van der Waals surface area (Å²) in [7, 11) is 6.37. The van der Waals surface area contributed by atoms with Crippen LogP contribution in [0, 0.1) is 15.2 Å². The number of fused-ring (bicyclic) bond motifs is 2. The summed E-state index contributed by atoms with van der Waals surface area (Å²) in [6.07, 6.45) is 3.81. The van der Waals surface area contributed by atoms with E-state index in [1.807, 2.05) is 30.3 Å². The molecule has 2 saturated heterocycles. The van der Waals surface area contributed by atoms with Crippen molar-refractivity contribution in [2.24, 2.45) is 7.05 Å². The molecule has 0 spiro atoms. The van der Waals surface area contributed by atoms with Crippen molar-refractivity contribution in [2.45, 2.75) is 50.1 Å². The standard InChI is InChI=1S/C21H24IN3O.C20H20BrF2N3O/c1-24-12-10-17(11-13-24)26-20(15-6-5-7-16(22)14-15)21-23-18-8-3-4-9-19(18)25(21)2;1-26-7-5-14(6-8-26)27-19(12-3-2-4-13(21)9-12)20-24-17-10-15(22)16(23)11-18(17)25-20/h3-9,14,17,20H,10-13H2,1-2H3;2-4,9-11,14,19H,5-8H2,1H3,(H,24,25). The molecule has 0 saturated carbocycles. The second-order valence-electron chi connectivity index (χ2n) is 14.1. The molecular formula is C41H44BrF2IN6O2. The van der Waals surface area contributed by atoms with Gasteiger partial charge in [-0.2, -0.15) is 0 Å². The molecule has 4 heterocycles.